The third-order valence-corrected chi connectivity index (χ3v) is 6.88. The van der Waals surface area contributed by atoms with E-state index in [0.29, 0.717) is 30.4 Å². The van der Waals surface area contributed by atoms with Gasteiger partial charge in [0.2, 0.25) is 7.37 Å². The number of rotatable bonds is 8. The molecule has 0 saturated heterocycles. The van der Waals surface area contributed by atoms with Crippen molar-refractivity contribution in [3.8, 4) is 11.3 Å². The monoisotopic (exact) mass is 396 g/mol. The fourth-order valence-electron chi connectivity index (χ4n) is 2.89. The number of aromatic nitrogens is 2. The van der Waals surface area contributed by atoms with Crippen molar-refractivity contribution in [1.82, 2.24) is 9.97 Å². The molecule has 0 spiro atoms. The third-order valence-electron chi connectivity index (χ3n) is 4.35. The molecule has 28 heavy (non-hydrogen) atoms. The summed E-state index contributed by atoms with van der Waals surface area (Å²) < 4.78 is 18.1. The number of nitrogen functional groups attached to an aromatic ring is 1. The number of nitrogens with zero attached hydrogens (tertiary/aromatic N) is 2. The zero-order valence-electron chi connectivity index (χ0n) is 16.1. The Bertz CT molecular complexity index is 976. The Balaban J connectivity index is 1.72. The Hall–Kier alpha value is -2.69. The molecule has 3 aromatic rings. The van der Waals surface area contributed by atoms with E-state index < -0.39 is 7.37 Å². The smallest absolute Gasteiger partial charge is 0.207 e. The molecule has 7 heteroatoms. The average Bonchev–Trinajstić information content (AvgIpc) is 2.70. The minimum Gasteiger partial charge on any atom is -0.399 e. The van der Waals surface area contributed by atoms with Crippen molar-refractivity contribution < 1.29 is 9.09 Å². The van der Waals surface area contributed by atoms with Crippen LogP contribution in [0.1, 0.15) is 19.4 Å². The van der Waals surface area contributed by atoms with Crippen LogP contribution in [-0.2, 0) is 15.3 Å². The normalized spacial score (nSPS) is 13.1. The van der Waals surface area contributed by atoms with Crippen LogP contribution in [0.3, 0.4) is 0 Å². The van der Waals surface area contributed by atoms with Gasteiger partial charge in [0.25, 0.3) is 0 Å². The SMILES string of the molecule is CCOP(=O)(CC)Cc1ccc(Nc2cc(-c3cccc(N)c3)ncn2)cc1. The average molecular weight is 396 g/mol. The third kappa shape index (κ3) is 5.18. The zero-order valence-corrected chi connectivity index (χ0v) is 17.0. The molecule has 1 aromatic heterocycles. The first-order valence-electron chi connectivity index (χ1n) is 9.28. The summed E-state index contributed by atoms with van der Waals surface area (Å²) in [5.74, 6) is 0.689. The van der Waals surface area contributed by atoms with Gasteiger partial charge in [0.1, 0.15) is 12.1 Å². The maximum Gasteiger partial charge on any atom is 0.207 e. The van der Waals surface area contributed by atoms with Gasteiger partial charge >= 0.3 is 0 Å². The van der Waals surface area contributed by atoms with E-state index in [2.05, 4.69) is 15.3 Å². The van der Waals surface area contributed by atoms with Crippen LogP contribution in [0.25, 0.3) is 11.3 Å². The van der Waals surface area contributed by atoms with E-state index in [1.165, 1.54) is 6.33 Å². The topological polar surface area (TPSA) is 90.1 Å². The molecule has 0 saturated carbocycles. The Morgan fingerprint density at radius 2 is 1.86 bits per heavy atom. The molecule has 1 unspecified atom stereocenters. The standard InChI is InChI=1S/C21H25N4O2P/c1-3-27-28(26,4-2)14-16-8-10-19(11-9-16)25-21-13-20(23-15-24-21)17-6-5-7-18(22)12-17/h5-13,15H,3-4,14,22H2,1-2H3,(H,23,24,25). The lowest BCUT2D eigenvalue weighted by Crippen LogP contribution is -1.98. The van der Waals surface area contributed by atoms with Crippen LogP contribution in [-0.4, -0.2) is 22.7 Å². The summed E-state index contributed by atoms with van der Waals surface area (Å²) in [5.41, 5.74) is 10.2. The van der Waals surface area contributed by atoms with Gasteiger partial charge in [-0.05, 0) is 36.8 Å². The molecular weight excluding hydrogens is 371 g/mol. The summed E-state index contributed by atoms with van der Waals surface area (Å²) in [6.45, 7) is 4.24. The van der Waals surface area contributed by atoms with Crippen LogP contribution in [0, 0.1) is 0 Å². The summed E-state index contributed by atoms with van der Waals surface area (Å²) in [5, 5.41) is 3.28. The molecule has 3 N–H and O–H groups in total. The maximum atomic E-state index is 12.7. The minimum absolute atomic E-state index is 0.449. The summed E-state index contributed by atoms with van der Waals surface area (Å²) >= 11 is 0. The van der Waals surface area contributed by atoms with E-state index >= 15 is 0 Å². The van der Waals surface area contributed by atoms with E-state index in [9.17, 15) is 4.57 Å². The minimum atomic E-state index is -2.60. The first-order chi connectivity index (χ1) is 13.5. The number of anilines is 3. The highest BCUT2D eigenvalue weighted by atomic mass is 31.2. The molecule has 0 bridgehead atoms. The Kier molecular flexibility index (Phi) is 6.45. The van der Waals surface area contributed by atoms with Crippen molar-refractivity contribution in [3.05, 3.63) is 66.5 Å². The molecule has 0 aliphatic rings. The van der Waals surface area contributed by atoms with Crippen molar-refractivity contribution in [2.45, 2.75) is 20.0 Å². The van der Waals surface area contributed by atoms with Gasteiger partial charge in [-0.15, -0.1) is 0 Å². The van der Waals surface area contributed by atoms with Crippen molar-refractivity contribution in [3.63, 3.8) is 0 Å². The summed E-state index contributed by atoms with van der Waals surface area (Å²) in [7, 11) is -2.60. The van der Waals surface area contributed by atoms with Crippen molar-refractivity contribution >= 4 is 24.6 Å². The quantitative estimate of drug-likeness (QED) is 0.396. The number of benzene rings is 2. The van der Waals surface area contributed by atoms with Gasteiger partial charge in [-0.2, -0.15) is 0 Å². The molecule has 0 fully saturated rings. The lowest BCUT2D eigenvalue weighted by Gasteiger charge is -2.16. The largest absolute Gasteiger partial charge is 0.399 e. The Morgan fingerprint density at radius 3 is 2.54 bits per heavy atom. The highest BCUT2D eigenvalue weighted by molar-refractivity contribution is 7.58. The van der Waals surface area contributed by atoms with E-state index in [-0.39, 0.29) is 0 Å². The molecule has 3 rings (SSSR count). The Labute approximate surface area is 165 Å². The van der Waals surface area contributed by atoms with Gasteiger partial charge in [-0.1, -0.05) is 31.2 Å². The lowest BCUT2D eigenvalue weighted by atomic mass is 10.1. The van der Waals surface area contributed by atoms with E-state index in [0.717, 1.165) is 22.5 Å². The molecule has 0 amide bonds. The lowest BCUT2D eigenvalue weighted by molar-refractivity contribution is 0.333. The van der Waals surface area contributed by atoms with Gasteiger partial charge in [-0.25, -0.2) is 9.97 Å². The van der Waals surface area contributed by atoms with Gasteiger partial charge in [-0.3, -0.25) is 4.57 Å². The molecule has 2 aromatic carbocycles. The van der Waals surface area contributed by atoms with Gasteiger partial charge in [0.15, 0.2) is 0 Å². The van der Waals surface area contributed by atoms with Crippen molar-refractivity contribution in [2.75, 3.05) is 23.8 Å². The fraction of sp³-hybridized carbons (Fsp3) is 0.238. The van der Waals surface area contributed by atoms with Gasteiger partial charge in [0, 0.05) is 35.3 Å². The molecule has 146 valence electrons. The van der Waals surface area contributed by atoms with E-state index in [1.807, 2.05) is 68.4 Å². The van der Waals surface area contributed by atoms with Gasteiger partial charge < -0.3 is 15.6 Å². The highest BCUT2D eigenvalue weighted by Crippen LogP contribution is 2.49. The van der Waals surface area contributed by atoms with Crippen LogP contribution in [0.5, 0.6) is 0 Å². The first kappa shape index (κ1) is 20.1. The number of hydrogen-bond acceptors (Lipinski definition) is 6. The molecule has 1 atom stereocenters. The van der Waals surface area contributed by atoms with Crippen molar-refractivity contribution in [1.29, 1.82) is 0 Å². The van der Waals surface area contributed by atoms with Crippen LogP contribution < -0.4 is 11.1 Å². The van der Waals surface area contributed by atoms with Crippen LogP contribution in [0.2, 0.25) is 0 Å². The van der Waals surface area contributed by atoms with Crippen LogP contribution >= 0.6 is 7.37 Å². The number of hydrogen-bond donors (Lipinski definition) is 2. The molecule has 0 aliphatic carbocycles. The second-order valence-electron chi connectivity index (χ2n) is 6.44. The molecule has 0 radical (unpaired) electrons. The van der Waals surface area contributed by atoms with Crippen molar-refractivity contribution in [2.24, 2.45) is 0 Å². The molecule has 6 nitrogen and oxygen atoms in total. The maximum absolute atomic E-state index is 12.7. The molecular formula is C21H25N4O2P. The van der Waals surface area contributed by atoms with E-state index in [1.54, 1.807) is 0 Å². The summed E-state index contributed by atoms with van der Waals surface area (Å²) in [6.07, 6.45) is 2.51. The second kappa shape index (κ2) is 9.00. The fourth-order valence-corrected chi connectivity index (χ4v) is 4.62. The zero-order chi connectivity index (χ0) is 20.0. The molecule has 1 heterocycles. The predicted octanol–water partition coefficient (Wildman–Crippen LogP) is 5.30. The summed E-state index contributed by atoms with van der Waals surface area (Å²) in [6, 6.07) is 17.3. The first-order valence-corrected chi connectivity index (χ1v) is 11.3. The highest BCUT2D eigenvalue weighted by Gasteiger charge is 2.20. The van der Waals surface area contributed by atoms with Crippen LogP contribution in [0.15, 0.2) is 60.9 Å². The Morgan fingerprint density at radius 1 is 1.07 bits per heavy atom. The van der Waals surface area contributed by atoms with Crippen LogP contribution in [0.4, 0.5) is 17.2 Å². The number of nitrogens with one attached hydrogen (secondary N) is 1. The number of nitrogens with two attached hydrogens (primary N) is 1. The van der Waals surface area contributed by atoms with Gasteiger partial charge in [0.05, 0.1) is 12.3 Å². The predicted molar refractivity (Wildman–Crippen MR) is 115 cm³/mol. The molecule has 0 aliphatic heterocycles. The van der Waals surface area contributed by atoms with E-state index in [4.69, 9.17) is 10.3 Å². The summed E-state index contributed by atoms with van der Waals surface area (Å²) in [4.78, 5) is 8.61. The second-order valence-corrected chi connectivity index (χ2v) is 9.28.